The third-order valence-corrected chi connectivity index (χ3v) is 5.37. The SMILES string of the molecule is Cc1ccc(NC(=O)CSc2nnc(COc3ccc(Cl)cc3)n2C)c(C)c1. The molecule has 1 amide bonds. The van der Waals surface area contributed by atoms with Crippen molar-refractivity contribution in [3.63, 3.8) is 0 Å². The van der Waals surface area contributed by atoms with Gasteiger partial charge in [0.05, 0.1) is 5.75 Å². The van der Waals surface area contributed by atoms with Crippen molar-refractivity contribution in [2.24, 2.45) is 7.05 Å². The standard InChI is InChI=1S/C20H21ClN4O2S/c1-13-4-9-17(14(2)10-13)22-19(26)12-28-20-24-23-18(25(20)3)11-27-16-7-5-15(21)6-8-16/h4-10H,11-12H2,1-3H3,(H,22,26). The smallest absolute Gasteiger partial charge is 0.234 e. The van der Waals surface area contributed by atoms with Gasteiger partial charge in [-0.05, 0) is 49.7 Å². The van der Waals surface area contributed by atoms with Gasteiger partial charge in [-0.25, -0.2) is 0 Å². The number of nitrogens with one attached hydrogen (secondary N) is 1. The normalized spacial score (nSPS) is 10.7. The van der Waals surface area contributed by atoms with Gasteiger partial charge in [-0.2, -0.15) is 0 Å². The van der Waals surface area contributed by atoms with Crippen molar-refractivity contribution in [3.8, 4) is 5.75 Å². The first-order valence-corrected chi connectivity index (χ1v) is 10.1. The molecule has 1 heterocycles. The summed E-state index contributed by atoms with van der Waals surface area (Å²) in [6.07, 6.45) is 0. The highest BCUT2D eigenvalue weighted by molar-refractivity contribution is 7.99. The van der Waals surface area contributed by atoms with Crippen LogP contribution in [0, 0.1) is 13.8 Å². The number of carbonyl (C=O) groups is 1. The predicted octanol–water partition coefficient (Wildman–Crippen LogP) is 4.40. The second kappa shape index (κ2) is 9.12. The Bertz CT molecular complexity index is 973. The van der Waals surface area contributed by atoms with Crippen LogP contribution >= 0.6 is 23.4 Å². The summed E-state index contributed by atoms with van der Waals surface area (Å²) in [6.45, 7) is 4.28. The molecule has 2 aromatic carbocycles. The zero-order valence-corrected chi connectivity index (χ0v) is 17.5. The molecule has 0 aliphatic carbocycles. The molecular formula is C20H21ClN4O2S. The van der Waals surface area contributed by atoms with E-state index in [0.717, 1.165) is 16.8 Å². The molecule has 28 heavy (non-hydrogen) atoms. The first-order valence-electron chi connectivity index (χ1n) is 8.69. The summed E-state index contributed by atoms with van der Waals surface area (Å²) < 4.78 is 7.52. The Hall–Kier alpha value is -2.51. The van der Waals surface area contributed by atoms with Crippen molar-refractivity contribution in [2.75, 3.05) is 11.1 Å². The lowest BCUT2D eigenvalue weighted by Crippen LogP contribution is -2.15. The topological polar surface area (TPSA) is 69.0 Å². The molecule has 0 aliphatic heterocycles. The number of ether oxygens (including phenoxy) is 1. The summed E-state index contributed by atoms with van der Waals surface area (Å²) in [5, 5.41) is 12.5. The van der Waals surface area contributed by atoms with E-state index in [1.54, 1.807) is 24.3 Å². The van der Waals surface area contributed by atoms with Crippen LogP contribution in [0.25, 0.3) is 0 Å². The molecule has 0 spiro atoms. The van der Waals surface area contributed by atoms with Crippen LogP contribution in [-0.2, 0) is 18.4 Å². The first-order chi connectivity index (χ1) is 13.4. The molecule has 6 nitrogen and oxygen atoms in total. The molecule has 0 aliphatic rings. The molecule has 0 fully saturated rings. The number of rotatable bonds is 7. The van der Waals surface area contributed by atoms with Gasteiger partial charge in [-0.1, -0.05) is 41.1 Å². The number of halogens is 1. The summed E-state index contributed by atoms with van der Waals surface area (Å²) in [5.74, 6) is 1.54. The quantitative estimate of drug-likeness (QED) is 0.578. The van der Waals surface area contributed by atoms with E-state index in [-0.39, 0.29) is 18.3 Å². The van der Waals surface area contributed by atoms with Crippen molar-refractivity contribution in [2.45, 2.75) is 25.6 Å². The number of amides is 1. The Labute approximate surface area is 173 Å². The molecule has 3 aromatic rings. The minimum atomic E-state index is -0.0843. The number of hydrogen-bond acceptors (Lipinski definition) is 5. The molecule has 0 radical (unpaired) electrons. The number of carbonyl (C=O) groups excluding carboxylic acids is 1. The van der Waals surface area contributed by atoms with E-state index in [4.69, 9.17) is 16.3 Å². The third kappa shape index (κ3) is 5.27. The van der Waals surface area contributed by atoms with Crippen LogP contribution in [0.5, 0.6) is 5.75 Å². The van der Waals surface area contributed by atoms with Crippen LogP contribution < -0.4 is 10.1 Å². The van der Waals surface area contributed by atoms with Crippen molar-refractivity contribution in [3.05, 3.63) is 64.4 Å². The van der Waals surface area contributed by atoms with Crippen LogP contribution in [0.15, 0.2) is 47.6 Å². The highest BCUT2D eigenvalue weighted by Crippen LogP contribution is 2.20. The van der Waals surface area contributed by atoms with Gasteiger partial charge in [0, 0.05) is 17.8 Å². The van der Waals surface area contributed by atoms with Gasteiger partial charge in [-0.3, -0.25) is 4.79 Å². The van der Waals surface area contributed by atoms with Gasteiger partial charge in [0.15, 0.2) is 11.0 Å². The Morgan fingerprint density at radius 1 is 1.18 bits per heavy atom. The van der Waals surface area contributed by atoms with E-state index in [2.05, 4.69) is 15.5 Å². The number of nitrogens with zero attached hydrogens (tertiary/aromatic N) is 3. The fraction of sp³-hybridized carbons (Fsp3) is 0.250. The summed E-state index contributed by atoms with van der Waals surface area (Å²) in [5.41, 5.74) is 3.03. The van der Waals surface area contributed by atoms with Crippen molar-refractivity contribution >= 4 is 35.0 Å². The van der Waals surface area contributed by atoms with E-state index >= 15 is 0 Å². The molecule has 0 unspecified atom stereocenters. The number of aryl methyl sites for hydroxylation is 2. The van der Waals surface area contributed by atoms with Gasteiger partial charge < -0.3 is 14.6 Å². The third-order valence-electron chi connectivity index (χ3n) is 4.10. The zero-order valence-electron chi connectivity index (χ0n) is 15.9. The second-order valence-electron chi connectivity index (χ2n) is 6.36. The van der Waals surface area contributed by atoms with Gasteiger partial charge in [-0.15, -0.1) is 10.2 Å². The summed E-state index contributed by atoms with van der Waals surface area (Å²) in [7, 11) is 1.85. The highest BCUT2D eigenvalue weighted by Gasteiger charge is 2.13. The Morgan fingerprint density at radius 2 is 1.93 bits per heavy atom. The Morgan fingerprint density at radius 3 is 2.64 bits per heavy atom. The molecule has 0 bridgehead atoms. The molecule has 1 aromatic heterocycles. The Kier molecular flexibility index (Phi) is 6.59. The molecular weight excluding hydrogens is 396 g/mol. The summed E-state index contributed by atoms with van der Waals surface area (Å²) >= 11 is 7.20. The van der Waals surface area contributed by atoms with E-state index in [9.17, 15) is 4.79 Å². The van der Waals surface area contributed by atoms with Gasteiger partial charge >= 0.3 is 0 Å². The summed E-state index contributed by atoms with van der Waals surface area (Å²) in [6, 6.07) is 13.1. The van der Waals surface area contributed by atoms with E-state index < -0.39 is 0 Å². The molecule has 3 rings (SSSR count). The molecule has 8 heteroatoms. The number of thioether (sulfide) groups is 1. The fourth-order valence-electron chi connectivity index (χ4n) is 2.55. The van der Waals surface area contributed by atoms with Crippen molar-refractivity contribution < 1.29 is 9.53 Å². The Balaban J connectivity index is 1.53. The molecule has 1 N–H and O–H groups in total. The monoisotopic (exact) mass is 416 g/mol. The number of benzene rings is 2. The largest absolute Gasteiger partial charge is 0.486 e. The molecule has 0 atom stereocenters. The maximum Gasteiger partial charge on any atom is 0.234 e. The lowest BCUT2D eigenvalue weighted by Gasteiger charge is -2.09. The lowest BCUT2D eigenvalue weighted by molar-refractivity contribution is -0.113. The van der Waals surface area contributed by atoms with E-state index in [1.165, 1.54) is 11.8 Å². The minimum absolute atomic E-state index is 0.0843. The minimum Gasteiger partial charge on any atom is -0.486 e. The summed E-state index contributed by atoms with van der Waals surface area (Å²) in [4.78, 5) is 12.3. The molecule has 0 saturated carbocycles. The van der Waals surface area contributed by atoms with Gasteiger partial charge in [0.25, 0.3) is 0 Å². The van der Waals surface area contributed by atoms with Gasteiger partial charge in [0.1, 0.15) is 12.4 Å². The van der Waals surface area contributed by atoms with E-state index in [0.29, 0.717) is 21.8 Å². The van der Waals surface area contributed by atoms with Crippen LogP contribution in [0.2, 0.25) is 5.02 Å². The average Bonchev–Trinajstić information content (AvgIpc) is 3.02. The first kappa shape index (κ1) is 20.2. The maximum atomic E-state index is 12.3. The van der Waals surface area contributed by atoms with Crippen LogP contribution in [0.1, 0.15) is 17.0 Å². The molecule has 0 saturated heterocycles. The van der Waals surface area contributed by atoms with E-state index in [1.807, 2.05) is 43.7 Å². The zero-order chi connectivity index (χ0) is 20.1. The van der Waals surface area contributed by atoms with Crippen LogP contribution in [-0.4, -0.2) is 26.4 Å². The lowest BCUT2D eigenvalue weighted by atomic mass is 10.1. The van der Waals surface area contributed by atoms with Crippen LogP contribution in [0.3, 0.4) is 0 Å². The van der Waals surface area contributed by atoms with Crippen LogP contribution in [0.4, 0.5) is 5.69 Å². The number of aromatic nitrogens is 3. The highest BCUT2D eigenvalue weighted by atomic mass is 35.5. The fourth-order valence-corrected chi connectivity index (χ4v) is 3.40. The number of hydrogen-bond donors (Lipinski definition) is 1. The van der Waals surface area contributed by atoms with Gasteiger partial charge in [0.2, 0.25) is 5.91 Å². The number of anilines is 1. The average molecular weight is 417 g/mol. The molecule has 146 valence electrons. The second-order valence-corrected chi connectivity index (χ2v) is 7.73. The predicted molar refractivity (Wildman–Crippen MR) is 112 cm³/mol. The maximum absolute atomic E-state index is 12.3. The van der Waals surface area contributed by atoms with Crippen molar-refractivity contribution in [1.82, 2.24) is 14.8 Å². The van der Waals surface area contributed by atoms with Crippen molar-refractivity contribution in [1.29, 1.82) is 0 Å².